The zero-order valence-corrected chi connectivity index (χ0v) is 17.4. The number of benzene rings is 1. The van der Waals surface area contributed by atoms with Gasteiger partial charge in [0.25, 0.3) is 0 Å². The Morgan fingerprint density at radius 2 is 1.97 bits per heavy atom. The van der Waals surface area contributed by atoms with Gasteiger partial charge in [0.15, 0.2) is 0 Å². The minimum absolute atomic E-state index is 0.0510. The summed E-state index contributed by atoms with van der Waals surface area (Å²) >= 11 is 0. The van der Waals surface area contributed by atoms with Crippen molar-refractivity contribution in [3.63, 3.8) is 0 Å². The average Bonchev–Trinajstić information content (AvgIpc) is 2.74. The molecule has 0 radical (unpaired) electrons. The molecule has 0 amide bonds. The molecular formula is C22H24FN3O5. The maximum atomic E-state index is 13.1. The van der Waals surface area contributed by atoms with Crippen LogP contribution in [-0.2, 0) is 6.54 Å². The second-order valence-corrected chi connectivity index (χ2v) is 7.47. The number of nitrogens with one attached hydrogen (secondary N) is 1. The predicted octanol–water partition coefficient (Wildman–Crippen LogP) is 3.04. The third-order valence-electron chi connectivity index (χ3n) is 5.11. The van der Waals surface area contributed by atoms with Crippen LogP contribution in [0.3, 0.4) is 0 Å². The van der Waals surface area contributed by atoms with Gasteiger partial charge in [0.05, 0.1) is 25.1 Å². The molecule has 0 aliphatic rings. The van der Waals surface area contributed by atoms with Crippen LogP contribution < -0.4 is 15.5 Å². The van der Waals surface area contributed by atoms with E-state index in [0.717, 1.165) is 0 Å². The summed E-state index contributed by atoms with van der Waals surface area (Å²) in [4.78, 5) is 29.0. The van der Waals surface area contributed by atoms with Gasteiger partial charge in [0.1, 0.15) is 17.0 Å². The molecule has 0 unspecified atom stereocenters. The number of carboxylic acids is 1. The van der Waals surface area contributed by atoms with Gasteiger partial charge >= 0.3 is 5.97 Å². The van der Waals surface area contributed by atoms with Gasteiger partial charge in [0, 0.05) is 24.0 Å². The maximum Gasteiger partial charge on any atom is 0.341 e. The molecule has 2 heterocycles. The number of carbonyl (C=O) groups is 1. The summed E-state index contributed by atoms with van der Waals surface area (Å²) in [5.41, 5.74) is 0.328. The molecule has 8 nitrogen and oxygen atoms in total. The number of hydrogen-bond acceptors (Lipinski definition) is 6. The molecule has 0 aliphatic carbocycles. The van der Waals surface area contributed by atoms with E-state index in [1.54, 1.807) is 12.1 Å². The number of nitrogens with zero attached hydrogens (tertiary/aromatic N) is 2. The number of ether oxygens (including phenoxy) is 1. The summed E-state index contributed by atoms with van der Waals surface area (Å²) < 4.78 is 20.0. The molecule has 3 rings (SSSR count). The summed E-state index contributed by atoms with van der Waals surface area (Å²) in [6.07, 6.45) is 1.22. The van der Waals surface area contributed by atoms with Gasteiger partial charge in [-0.15, -0.1) is 0 Å². The van der Waals surface area contributed by atoms with Crippen molar-refractivity contribution in [2.24, 2.45) is 5.92 Å². The van der Waals surface area contributed by atoms with Crippen LogP contribution in [0.1, 0.15) is 35.8 Å². The van der Waals surface area contributed by atoms with Gasteiger partial charge in [-0.2, -0.15) is 4.98 Å². The van der Waals surface area contributed by atoms with Crippen molar-refractivity contribution >= 4 is 22.7 Å². The summed E-state index contributed by atoms with van der Waals surface area (Å²) in [5, 5.41) is 22.6. The Bertz CT molecular complexity index is 1160. The Kier molecular flexibility index (Phi) is 6.55. The van der Waals surface area contributed by atoms with E-state index in [1.165, 1.54) is 36.1 Å². The summed E-state index contributed by atoms with van der Waals surface area (Å²) in [6.45, 7) is 3.71. The van der Waals surface area contributed by atoms with Crippen LogP contribution in [0.2, 0.25) is 0 Å². The van der Waals surface area contributed by atoms with Crippen LogP contribution in [0.25, 0.3) is 11.0 Å². The molecule has 0 bridgehead atoms. The van der Waals surface area contributed by atoms with Gasteiger partial charge in [-0.05, 0) is 36.2 Å². The van der Waals surface area contributed by atoms with E-state index in [9.17, 15) is 24.2 Å². The van der Waals surface area contributed by atoms with Crippen LogP contribution in [-0.4, -0.2) is 39.5 Å². The SMILES string of the molecule is COc1nc2c(cc1CNc1ccc(F)cc1)c(=O)c(C(=O)O)cn2[C@H](CO)C(C)C. The second kappa shape index (κ2) is 9.13. The number of aliphatic hydroxyl groups excluding tert-OH is 1. The standard InChI is InChI=1S/C22H24FN3O5/c1-12(2)18(11-27)26-10-17(22(29)30)19(28)16-8-13(21(31-3)25-20(16)26)9-24-15-6-4-14(23)5-7-15/h4-8,10,12,18,24,27H,9,11H2,1-3H3,(H,29,30)/t18-/m1/s1. The largest absolute Gasteiger partial charge is 0.481 e. The van der Waals surface area contributed by atoms with E-state index in [1.807, 2.05) is 13.8 Å². The molecule has 31 heavy (non-hydrogen) atoms. The normalized spacial score (nSPS) is 12.2. The van der Waals surface area contributed by atoms with E-state index in [-0.39, 0.29) is 41.8 Å². The van der Waals surface area contributed by atoms with Crippen molar-refractivity contribution in [3.05, 3.63) is 63.7 Å². The first-order valence-electron chi connectivity index (χ1n) is 9.73. The van der Waals surface area contributed by atoms with Crippen molar-refractivity contribution < 1.29 is 24.1 Å². The third kappa shape index (κ3) is 4.51. The van der Waals surface area contributed by atoms with Gasteiger partial charge in [0.2, 0.25) is 11.3 Å². The Morgan fingerprint density at radius 3 is 2.52 bits per heavy atom. The summed E-state index contributed by atoms with van der Waals surface area (Å²) in [7, 11) is 1.44. The Morgan fingerprint density at radius 1 is 1.29 bits per heavy atom. The van der Waals surface area contributed by atoms with Gasteiger partial charge < -0.3 is 24.8 Å². The number of hydrogen-bond donors (Lipinski definition) is 3. The molecule has 0 fully saturated rings. The van der Waals surface area contributed by atoms with Crippen LogP contribution in [0.5, 0.6) is 5.88 Å². The highest BCUT2D eigenvalue weighted by atomic mass is 19.1. The highest BCUT2D eigenvalue weighted by molar-refractivity contribution is 5.92. The number of aromatic carboxylic acids is 1. The molecule has 1 atom stereocenters. The molecular weight excluding hydrogens is 405 g/mol. The number of rotatable bonds is 8. The Labute approximate surface area is 177 Å². The molecule has 0 spiro atoms. The minimum Gasteiger partial charge on any atom is -0.481 e. The predicted molar refractivity (Wildman–Crippen MR) is 114 cm³/mol. The number of aliphatic hydroxyl groups is 1. The fourth-order valence-corrected chi connectivity index (χ4v) is 3.39. The van der Waals surface area contributed by atoms with Crippen LogP contribution in [0.4, 0.5) is 10.1 Å². The maximum absolute atomic E-state index is 13.1. The molecule has 1 aromatic carbocycles. The molecule has 9 heteroatoms. The first-order valence-corrected chi connectivity index (χ1v) is 9.73. The fourth-order valence-electron chi connectivity index (χ4n) is 3.39. The molecule has 164 valence electrons. The topological polar surface area (TPSA) is 114 Å². The number of aromatic nitrogens is 2. The Hall–Kier alpha value is -3.46. The lowest BCUT2D eigenvalue weighted by Crippen LogP contribution is -2.26. The highest BCUT2D eigenvalue weighted by Crippen LogP contribution is 2.26. The number of anilines is 1. The number of carboxylic acid groups (broad SMARTS) is 1. The van der Waals surface area contributed by atoms with E-state index < -0.39 is 23.0 Å². The number of pyridine rings is 2. The first kappa shape index (κ1) is 22.2. The van der Waals surface area contributed by atoms with E-state index >= 15 is 0 Å². The lowest BCUT2D eigenvalue weighted by atomic mass is 10.0. The van der Waals surface area contributed by atoms with Gasteiger partial charge in [-0.1, -0.05) is 13.8 Å². The van der Waals surface area contributed by atoms with Gasteiger partial charge in [-0.3, -0.25) is 4.79 Å². The van der Waals surface area contributed by atoms with Crippen LogP contribution in [0.15, 0.2) is 41.3 Å². The molecule has 3 N–H and O–H groups in total. The van der Waals surface area contributed by atoms with E-state index in [2.05, 4.69) is 10.3 Å². The van der Waals surface area contributed by atoms with E-state index in [4.69, 9.17) is 4.74 Å². The van der Waals surface area contributed by atoms with Crippen LogP contribution >= 0.6 is 0 Å². The first-order chi connectivity index (χ1) is 14.8. The lowest BCUT2D eigenvalue weighted by molar-refractivity contribution is 0.0694. The van der Waals surface area contributed by atoms with Crippen molar-refractivity contribution in [2.75, 3.05) is 19.0 Å². The lowest BCUT2D eigenvalue weighted by Gasteiger charge is -2.24. The van der Waals surface area contributed by atoms with Crippen molar-refractivity contribution in [1.82, 2.24) is 9.55 Å². The molecule has 0 saturated carbocycles. The summed E-state index contributed by atoms with van der Waals surface area (Å²) in [6, 6.07) is 6.83. The molecule has 3 aromatic rings. The van der Waals surface area contributed by atoms with Crippen molar-refractivity contribution in [1.29, 1.82) is 0 Å². The van der Waals surface area contributed by atoms with Crippen molar-refractivity contribution in [2.45, 2.75) is 26.4 Å². The highest BCUT2D eigenvalue weighted by Gasteiger charge is 2.23. The number of halogens is 1. The number of fused-ring (bicyclic) bond motifs is 1. The van der Waals surface area contributed by atoms with Crippen molar-refractivity contribution in [3.8, 4) is 5.88 Å². The van der Waals surface area contributed by atoms with E-state index in [0.29, 0.717) is 11.3 Å². The quantitative estimate of drug-likeness (QED) is 0.504. The summed E-state index contributed by atoms with van der Waals surface area (Å²) in [5.74, 6) is -1.52. The zero-order valence-electron chi connectivity index (χ0n) is 17.4. The minimum atomic E-state index is -1.36. The monoisotopic (exact) mass is 429 g/mol. The fraction of sp³-hybridized carbons (Fsp3) is 0.318. The third-order valence-corrected chi connectivity index (χ3v) is 5.11. The molecule has 2 aromatic heterocycles. The smallest absolute Gasteiger partial charge is 0.341 e. The number of methoxy groups -OCH3 is 1. The van der Waals surface area contributed by atoms with Gasteiger partial charge in [-0.25, -0.2) is 9.18 Å². The molecule has 0 aliphatic heterocycles. The second-order valence-electron chi connectivity index (χ2n) is 7.47. The van der Waals surface area contributed by atoms with Crippen LogP contribution in [0, 0.1) is 11.7 Å². The average molecular weight is 429 g/mol. The zero-order chi connectivity index (χ0) is 22.7. The molecule has 0 saturated heterocycles. The Balaban J connectivity index is 2.17.